The summed E-state index contributed by atoms with van der Waals surface area (Å²) in [6.07, 6.45) is 3.00. The number of nitrogens with one attached hydrogen (secondary N) is 1. The van der Waals surface area contributed by atoms with Crippen molar-refractivity contribution in [3.63, 3.8) is 0 Å². The molecule has 130 valence electrons. The third-order valence-electron chi connectivity index (χ3n) is 4.40. The van der Waals surface area contributed by atoms with Gasteiger partial charge in [-0.05, 0) is 24.5 Å². The highest BCUT2D eigenvalue weighted by molar-refractivity contribution is 7.99. The van der Waals surface area contributed by atoms with E-state index in [0.29, 0.717) is 18.9 Å². The molecular weight excluding hydrogens is 324 g/mol. The van der Waals surface area contributed by atoms with E-state index in [1.807, 2.05) is 24.3 Å². The standard InChI is InChI=1S/C18H24N2O3S/c1-2-3-10-23-11-6-9-19-16(21)15-12-24-18-14-8-5-4-7-13(14)17(22)20(15)18/h4-5,7-8,15,18H,2-3,6,9-12H2,1H3,(H,19,21)/t15-,18-/m0/s1. The number of fused-ring (bicyclic) bond motifs is 3. The minimum atomic E-state index is -0.374. The van der Waals surface area contributed by atoms with Crippen LogP contribution in [0.2, 0.25) is 0 Å². The molecule has 0 aliphatic carbocycles. The maximum Gasteiger partial charge on any atom is 0.256 e. The van der Waals surface area contributed by atoms with E-state index in [2.05, 4.69) is 12.2 Å². The quantitative estimate of drug-likeness (QED) is 0.734. The number of hydrogen-bond acceptors (Lipinski definition) is 4. The molecule has 2 atom stereocenters. The molecule has 6 heteroatoms. The number of ether oxygens (including phenoxy) is 1. The Bertz CT molecular complexity index is 608. The molecule has 0 aromatic heterocycles. The Kier molecular flexibility index (Phi) is 5.79. The van der Waals surface area contributed by atoms with Crippen molar-refractivity contribution < 1.29 is 14.3 Å². The molecule has 1 saturated heterocycles. The summed E-state index contributed by atoms with van der Waals surface area (Å²) in [6.45, 7) is 4.17. The highest BCUT2D eigenvalue weighted by Crippen LogP contribution is 2.47. The summed E-state index contributed by atoms with van der Waals surface area (Å²) >= 11 is 1.67. The number of thioether (sulfide) groups is 1. The molecule has 2 amide bonds. The first-order valence-corrected chi connectivity index (χ1v) is 9.67. The first-order chi connectivity index (χ1) is 11.7. The SMILES string of the molecule is CCCCOCCCNC(=O)[C@@H]1CS[C@H]2c3ccccc3C(=O)N12. The van der Waals surface area contributed by atoms with E-state index < -0.39 is 0 Å². The van der Waals surface area contributed by atoms with Crippen LogP contribution in [-0.4, -0.2) is 48.3 Å². The number of rotatable bonds is 8. The molecule has 1 fully saturated rings. The molecule has 0 unspecified atom stereocenters. The fourth-order valence-corrected chi connectivity index (χ4v) is 4.56. The number of nitrogens with zero attached hydrogens (tertiary/aromatic N) is 1. The maximum atomic E-state index is 12.6. The van der Waals surface area contributed by atoms with Crippen molar-refractivity contribution in [2.75, 3.05) is 25.5 Å². The van der Waals surface area contributed by atoms with Crippen molar-refractivity contribution in [3.05, 3.63) is 35.4 Å². The molecule has 0 radical (unpaired) electrons. The number of carbonyl (C=O) groups is 2. The van der Waals surface area contributed by atoms with Gasteiger partial charge in [0.2, 0.25) is 5.91 Å². The summed E-state index contributed by atoms with van der Waals surface area (Å²) in [6, 6.07) is 7.28. The lowest BCUT2D eigenvalue weighted by atomic mass is 10.1. The van der Waals surface area contributed by atoms with Gasteiger partial charge in [0.1, 0.15) is 11.4 Å². The molecule has 2 heterocycles. The van der Waals surface area contributed by atoms with Crippen LogP contribution < -0.4 is 5.32 Å². The molecule has 1 aromatic rings. The van der Waals surface area contributed by atoms with Gasteiger partial charge in [0.05, 0.1) is 0 Å². The average molecular weight is 348 g/mol. The second-order valence-electron chi connectivity index (χ2n) is 6.11. The lowest BCUT2D eigenvalue weighted by Crippen LogP contribution is -2.46. The number of amides is 2. The van der Waals surface area contributed by atoms with Crippen LogP contribution in [0.5, 0.6) is 0 Å². The van der Waals surface area contributed by atoms with Gasteiger partial charge in [-0.1, -0.05) is 31.5 Å². The predicted octanol–water partition coefficient (Wildman–Crippen LogP) is 2.58. The number of carbonyl (C=O) groups excluding carboxylic acids is 2. The van der Waals surface area contributed by atoms with Crippen LogP contribution in [0.1, 0.15) is 47.5 Å². The third-order valence-corrected chi connectivity index (χ3v) is 5.71. The van der Waals surface area contributed by atoms with Crippen molar-refractivity contribution in [2.45, 2.75) is 37.6 Å². The summed E-state index contributed by atoms with van der Waals surface area (Å²) in [4.78, 5) is 26.8. The van der Waals surface area contributed by atoms with Crippen LogP contribution in [-0.2, 0) is 9.53 Å². The van der Waals surface area contributed by atoms with Crippen LogP contribution in [0.15, 0.2) is 24.3 Å². The Morgan fingerprint density at radius 1 is 1.33 bits per heavy atom. The zero-order valence-electron chi connectivity index (χ0n) is 14.0. The van der Waals surface area contributed by atoms with E-state index in [9.17, 15) is 9.59 Å². The number of benzene rings is 1. The van der Waals surface area contributed by atoms with Crippen LogP contribution in [0.3, 0.4) is 0 Å². The van der Waals surface area contributed by atoms with Crippen LogP contribution >= 0.6 is 11.8 Å². The Labute approximate surface area is 147 Å². The monoisotopic (exact) mass is 348 g/mol. The van der Waals surface area contributed by atoms with Crippen molar-refractivity contribution in [2.24, 2.45) is 0 Å². The smallest absolute Gasteiger partial charge is 0.256 e. The van der Waals surface area contributed by atoms with Gasteiger partial charge in [-0.2, -0.15) is 0 Å². The zero-order chi connectivity index (χ0) is 16.9. The highest BCUT2D eigenvalue weighted by atomic mass is 32.2. The van der Waals surface area contributed by atoms with Gasteiger partial charge < -0.3 is 15.0 Å². The zero-order valence-corrected chi connectivity index (χ0v) is 14.8. The van der Waals surface area contributed by atoms with Gasteiger partial charge in [0, 0.05) is 31.1 Å². The fourth-order valence-electron chi connectivity index (χ4n) is 3.09. The second-order valence-corrected chi connectivity index (χ2v) is 7.22. The van der Waals surface area contributed by atoms with Crippen molar-refractivity contribution in [1.82, 2.24) is 10.2 Å². The first-order valence-electron chi connectivity index (χ1n) is 8.62. The van der Waals surface area contributed by atoms with Gasteiger partial charge in [-0.25, -0.2) is 0 Å². The first kappa shape index (κ1) is 17.3. The van der Waals surface area contributed by atoms with E-state index >= 15 is 0 Å². The van der Waals surface area contributed by atoms with Crippen LogP contribution in [0.4, 0.5) is 0 Å². The van der Waals surface area contributed by atoms with Gasteiger partial charge in [-0.15, -0.1) is 11.8 Å². The fraction of sp³-hybridized carbons (Fsp3) is 0.556. The summed E-state index contributed by atoms with van der Waals surface area (Å²) in [5.74, 6) is 0.576. The average Bonchev–Trinajstić information content (AvgIpc) is 3.15. The van der Waals surface area contributed by atoms with Crippen molar-refractivity contribution in [3.8, 4) is 0 Å². The summed E-state index contributed by atoms with van der Waals surface area (Å²) in [5.41, 5.74) is 1.77. The molecule has 0 spiro atoms. The molecule has 1 N–H and O–H groups in total. The molecule has 2 aliphatic heterocycles. The van der Waals surface area contributed by atoms with Crippen LogP contribution in [0.25, 0.3) is 0 Å². The normalized spacial score (nSPS) is 21.7. The maximum absolute atomic E-state index is 12.6. The summed E-state index contributed by atoms with van der Waals surface area (Å²) in [5, 5.41) is 2.94. The lowest BCUT2D eigenvalue weighted by Gasteiger charge is -2.22. The second kappa shape index (κ2) is 8.03. The largest absolute Gasteiger partial charge is 0.381 e. The van der Waals surface area contributed by atoms with E-state index in [1.54, 1.807) is 16.7 Å². The number of hydrogen-bond donors (Lipinski definition) is 1. The minimum absolute atomic E-state index is 0.0122. The molecule has 0 bridgehead atoms. The molecule has 2 aliphatic rings. The Morgan fingerprint density at radius 3 is 2.96 bits per heavy atom. The summed E-state index contributed by atoms with van der Waals surface area (Å²) < 4.78 is 5.49. The van der Waals surface area contributed by atoms with Crippen LogP contribution in [0, 0.1) is 0 Å². The van der Waals surface area contributed by atoms with Gasteiger partial charge in [-0.3, -0.25) is 9.59 Å². The Morgan fingerprint density at radius 2 is 2.12 bits per heavy atom. The Balaban J connectivity index is 1.48. The van der Waals surface area contributed by atoms with Crippen molar-refractivity contribution >= 4 is 23.6 Å². The van der Waals surface area contributed by atoms with E-state index in [0.717, 1.165) is 37.0 Å². The van der Waals surface area contributed by atoms with E-state index in [-0.39, 0.29) is 23.2 Å². The van der Waals surface area contributed by atoms with E-state index in [4.69, 9.17) is 4.74 Å². The molecule has 1 aromatic carbocycles. The molecule has 0 saturated carbocycles. The third kappa shape index (κ3) is 3.44. The summed E-state index contributed by atoms with van der Waals surface area (Å²) in [7, 11) is 0. The molecule has 24 heavy (non-hydrogen) atoms. The Hall–Kier alpha value is -1.53. The lowest BCUT2D eigenvalue weighted by molar-refractivity contribution is -0.124. The van der Waals surface area contributed by atoms with Crippen molar-refractivity contribution in [1.29, 1.82) is 0 Å². The molecular formula is C18H24N2O3S. The predicted molar refractivity (Wildman–Crippen MR) is 95.0 cm³/mol. The topological polar surface area (TPSA) is 58.6 Å². The van der Waals surface area contributed by atoms with Gasteiger partial charge in [0.25, 0.3) is 5.91 Å². The van der Waals surface area contributed by atoms with Gasteiger partial charge >= 0.3 is 0 Å². The number of unbranched alkanes of at least 4 members (excludes halogenated alkanes) is 1. The molecule has 3 rings (SSSR count). The van der Waals surface area contributed by atoms with E-state index in [1.165, 1.54) is 0 Å². The molecule has 5 nitrogen and oxygen atoms in total. The minimum Gasteiger partial charge on any atom is -0.381 e. The van der Waals surface area contributed by atoms with Gasteiger partial charge in [0.15, 0.2) is 0 Å². The highest BCUT2D eigenvalue weighted by Gasteiger charge is 2.48.